The van der Waals surface area contributed by atoms with Gasteiger partial charge in [-0.2, -0.15) is 0 Å². The third-order valence-electron chi connectivity index (χ3n) is 4.26. The summed E-state index contributed by atoms with van der Waals surface area (Å²) in [4.78, 5) is 24.4. The average Bonchev–Trinajstić information content (AvgIpc) is 2.61. The Balaban J connectivity index is 2.01. The number of carbonyl (C=O) groups is 2. The van der Waals surface area contributed by atoms with Crippen molar-refractivity contribution in [3.05, 3.63) is 35.9 Å². The van der Waals surface area contributed by atoms with Crippen molar-refractivity contribution in [1.29, 1.82) is 0 Å². The molecule has 0 aliphatic heterocycles. The zero-order chi connectivity index (χ0) is 17.4. The van der Waals surface area contributed by atoms with Gasteiger partial charge in [-0.15, -0.1) is 0 Å². The molecule has 0 spiro atoms. The number of nitrogens with one attached hydrogen (secondary N) is 1. The molecule has 1 aromatic carbocycles. The Bertz CT molecular complexity index is 586. The number of amides is 1. The second-order valence-electron chi connectivity index (χ2n) is 5.96. The van der Waals surface area contributed by atoms with Gasteiger partial charge in [0.05, 0.1) is 13.7 Å². The van der Waals surface area contributed by atoms with Gasteiger partial charge in [-0.1, -0.05) is 31.4 Å². The number of hydrogen-bond acceptors (Lipinski definition) is 4. The van der Waals surface area contributed by atoms with E-state index in [0.717, 1.165) is 30.6 Å². The lowest BCUT2D eigenvalue weighted by atomic mass is 9.81. The number of rotatable bonds is 6. The molecule has 24 heavy (non-hydrogen) atoms. The van der Waals surface area contributed by atoms with Crippen molar-refractivity contribution >= 4 is 18.0 Å². The highest BCUT2D eigenvalue weighted by molar-refractivity contribution is 5.96. The number of hydrogen-bond donors (Lipinski definition) is 1. The Morgan fingerprint density at radius 3 is 2.42 bits per heavy atom. The van der Waals surface area contributed by atoms with Crippen molar-refractivity contribution in [2.75, 3.05) is 13.7 Å². The van der Waals surface area contributed by atoms with E-state index < -0.39 is 5.54 Å². The monoisotopic (exact) mass is 331 g/mol. The van der Waals surface area contributed by atoms with Crippen LogP contribution in [0.1, 0.15) is 44.6 Å². The van der Waals surface area contributed by atoms with E-state index in [1.165, 1.54) is 13.2 Å². The topological polar surface area (TPSA) is 64.6 Å². The Morgan fingerprint density at radius 2 is 1.83 bits per heavy atom. The van der Waals surface area contributed by atoms with Crippen molar-refractivity contribution in [1.82, 2.24) is 5.32 Å². The fourth-order valence-corrected chi connectivity index (χ4v) is 3.02. The minimum absolute atomic E-state index is 0.281. The van der Waals surface area contributed by atoms with Crippen molar-refractivity contribution < 1.29 is 19.1 Å². The van der Waals surface area contributed by atoms with Gasteiger partial charge >= 0.3 is 5.97 Å². The van der Waals surface area contributed by atoms with Crippen LogP contribution >= 0.6 is 0 Å². The number of benzene rings is 1. The lowest BCUT2D eigenvalue weighted by Gasteiger charge is -2.34. The largest absolute Gasteiger partial charge is 0.494 e. The van der Waals surface area contributed by atoms with Gasteiger partial charge in [0, 0.05) is 6.08 Å². The number of methoxy groups -OCH3 is 1. The molecule has 130 valence electrons. The van der Waals surface area contributed by atoms with Gasteiger partial charge in [0.25, 0.3) is 0 Å². The second kappa shape index (κ2) is 8.52. The Morgan fingerprint density at radius 1 is 1.17 bits per heavy atom. The van der Waals surface area contributed by atoms with E-state index in [1.807, 2.05) is 31.2 Å². The quantitative estimate of drug-likeness (QED) is 0.643. The molecule has 0 unspecified atom stereocenters. The first-order valence-corrected chi connectivity index (χ1v) is 8.41. The molecule has 1 aliphatic rings. The zero-order valence-corrected chi connectivity index (χ0v) is 14.3. The predicted molar refractivity (Wildman–Crippen MR) is 92.6 cm³/mol. The third-order valence-corrected chi connectivity index (χ3v) is 4.26. The number of esters is 1. The van der Waals surface area contributed by atoms with Crippen molar-refractivity contribution in [3.63, 3.8) is 0 Å². The first-order valence-electron chi connectivity index (χ1n) is 8.41. The predicted octanol–water partition coefficient (Wildman–Crippen LogP) is 3.09. The molecular weight excluding hydrogens is 306 g/mol. The number of carbonyl (C=O) groups excluding carboxylic acids is 2. The van der Waals surface area contributed by atoms with Gasteiger partial charge < -0.3 is 14.8 Å². The van der Waals surface area contributed by atoms with E-state index in [2.05, 4.69) is 5.32 Å². The minimum Gasteiger partial charge on any atom is -0.494 e. The molecule has 2 rings (SSSR count). The van der Waals surface area contributed by atoms with E-state index in [-0.39, 0.29) is 11.9 Å². The third kappa shape index (κ3) is 4.60. The van der Waals surface area contributed by atoms with Crippen LogP contribution in [0.5, 0.6) is 5.75 Å². The molecule has 1 aromatic rings. The average molecular weight is 331 g/mol. The van der Waals surface area contributed by atoms with E-state index in [1.54, 1.807) is 6.08 Å². The minimum atomic E-state index is -0.882. The summed E-state index contributed by atoms with van der Waals surface area (Å²) >= 11 is 0. The molecule has 5 nitrogen and oxygen atoms in total. The van der Waals surface area contributed by atoms with Crippen LogP contribution in [0.3, 0.4) is 0 Å². The van der Waals surface area contributed by atoms with Gasteiger partial charge in [0.2, 0.25) is 5.91 Å². The highest BCUT2D eigenvalue weighted by atomic mass is 16.5. The van der Waals surface area contributed by atoms with Gasteiger partial charge in [-0.25, -0.2) is 4.79 Å². The molecule has 0 atom stereocenters. The molecule has 1 aliphatic carbocycles. The number of ether oxygens (including phenoxy) is 2. The highest BCUT2D eigenvalue weighted by Crippen LogP contribution is 2.29. The Kier molecular flexibility index (Phi) is 6.41. The van der Waals surface area contributed by atoms with Gasteiger partial charge in [0.15, 0.2) is 0 Å². The lowest BCUT2D eigenvalue weighted by molar-refractivity contribution is -0.152. The fourth-order valence-electron chi connectivity index (χ4n) is 3.02. The van der Waals surface area contributed by atoms with Crippen LogP contribution in [-0.2, 0) is 14.3 Å². The maximum atomic E-state index is 12.2. The lowest BCUT2D eigenvalue weighted by Crippen LogP contribution is -2.55. The van der Waals surface area contributed by atoms with E-state index >= 15 is 0 Å². The van der Waals surface area contributed by atoms with Crippen LogP contribution in [0.2, 0.25) is 0 Å². The standard InChI is InChI=1S/C19H25NO4/c1-3-24-16-10-7-15(8-11-16)9-12-17(21)20-19(18(22)23-2)13-5-4-6-14-19/h7-12H,3-6,13-14H2,1-2H3,(H,20,21)/b12-9+. The van der Waals surface area contributed by atoms with Crippen molar-refractivity contribution in [3.8, 4) is 5.75 Å². The molecule has 1 amide bonds. The van der Waals surface area contributed by atoms with Gasteiger partial charge in [0.1, 0.15) is 11.3 Å². The molecule has 0 saturated heterocycles. The van der Waals surface area contributed by atoms with Gasteiger partial charge in [-0.05, 0) is 43.5 Å². The van der Waals surface area contributed by atoms with Crippen molar-refractivity contribution in [2.45, 2.75) is 44.6 Å². The molecule has 0 aromatic heterocycles. The molecule has 0 heterocycles. The smallest absolute Gasteiger partial charge is 0.331 e. The van der Waals surface area contributed by atoms with E-state index in [9.17, 15) is 9.59 Å². The Hall–Kier alpha value is -2.30. The van der Waals surface area contributed by atoms with E-state index in [4.69, 9.17) is 9.47 Å². The summed E-state index contributed by atoms with van der Waals surface area (Å²) in [6, 6.07) is 7.48. The summed E-state index contributed by atoms with van der Waals surface area (Å²) in [5, 5.41) is 2.86. The second-order valence-corrected chi connectivity index (χ2v) is 5.96. The normalized spacial score (nSPS) is 16.6. The molecule has 0 radical (unpaired) electrons. The summed E-state index contributed by atoms with van der Waals surface area (Å²) in [5.74, 6) is 0.159. The summed E-state index contributed by atoms with van der Waals surface area (Å²) in [7, 11) is 1.36. The first-order chi connectivity index (χ1) is 11.6. The summed E-state index contributed by atoms with van der Waals surface area (Å²) in [5.41, 5.74) is 0.0112. The zero-order valence-electron chi connectivity index (χ0n) is 14.3. The van der Waals surface area contributed by atoms with Crippen LogP contribution in [0.15, 0.2) is 30.3 Å². The molecule has 0 bridgehead atoms. The fraction of sp³-hybridized carbons (Fsp3) is 0.474. The van der Waals surface area contributed by atoms with Crippen LogP contribution in [0.4, 0.5) is 0 Å². The maximum absolute atomic E-state index is 12.2. The summed E-state index contributed by atoms with van der Waals surface area (Å²) in [6.45, 7) is 2.55. The van der Waals surface area contributed by atoms with Crippen LogP contribution in [0.25, 0.3) is 6.08 Å². The molecule has 1 saturated carbocycles. The SMILES string of the molecule is CCOc1ccc(/C=C/C(=O)NC2(C(=O)OC)CCCCC2)cc1. The highest BCUT2D eigenvalue weighted by Gasteiger charge is 2.41. The van der Waals surface area contributed by atoms with E-state index in [0.29, 0.717) is 19.4 Å². The summed E-state index contributed by atoms with van der Waals surface area (Å²) < 4.78 is 10.3. The van der Waals surface area contributed by atoms with Crippen LogP contribution in [-0.4, -0.2) is 31.1 Å². The maximum Gasteiger partial charge on any atom is 0.331 e. The van der Waals surface area contributed by atoms with Crippen molar-refractivity contribution in [2.24, 2.45) is 0 Å². The van der Waals surface area contributed by atoms with Gasteiger partial charge in [-0.3, -0.25) is 4.79 Å². The Labute approximate surface area is 143 Å². The molecular formula is C19H25NO4. The summed E-state index contributed by atoms with van der Waals surface area (Å²) in [6.07, 6.45) is 7.34. The molecule has 5 heteroatoms. The molecule has 1 fully saturated rings. The first kappa shape index (κ1) is 18.0. The van der Waals surface area contributed by atoms with Crippen LogP contribution < -0.4 is 10.1 Å². The van der Waals surface area contributed by atoms with Crippen LogP contribution in [0, 0.1) is 0 Å². The molecule has 1 N–H and O–H groups in total.